The van der Waals surface area contributed by atoms with Gasteiger partial charge in [-0.1, -0.05) is 58.8 Å². The second-order valence-electron chi connectivity index (χ2n) is 9.17. The van der Waals surface area contributed by atoms with E-state index in [1.54, 1.807) is 7.05 Å². The van der Waals surface area contributed by atoms with Crippen molar-refractivity contribution in [1.29, 1.82) is 0 Å². The molecule has 5 nitrogen and oxygen atoms in total. The van der Waals surface area contributed by atoms with Crippen molar-refractivity contribution in [2.75, 3.05) is 13.6 Å². The molecule has 1 atom stereocenters. The molecular formula is C24H47NO4. The fourth-order valence-corrected chi connectivity index (χ4v) is 3.17. The number of esters is 1. The van der Waals surface area contributed by atoms with Crippen molar-refractivity contribution in [1.82, 2.24) is 4.90 Å². The molecule has 0 saturated heterocycles. The Morgan fingerprint density at radius 1 is 0.828 bits per heavy atom. The van der Waals surface area contributed by atoms with Crippen molar-refractivity contribution in [3.8, 4) is 0 Å². The lowest BCUT2D eigenvalue weighted by Crippen LogP contribution is -2.35. The van der Waals surface area contributed by atoms with Crippen LogP contribution in [0.1, 0.15) is 118 Å². The maximum atomic E-state index is 12.3. The van der Waals surface area contributed by atoms with Crippen molar-refractivity contribution in [3.63, 3.8) is 0 Å². The SMILES string of the molecule is CCCCCCCC(CCCCCC)OC(=O)CCCN(C)C(=O)OC(C)(C)C. The number of unbranched alkanes of at least 4 members (excludes halogenated alkanes) is 7. The number of hydrogen-bond donors (Lipinski definition) is 0. The van der Waals surface area contributed by atoms with Crippen molar-refractivity contribution in [3.05, 3.63) is 0 Å². The van der Waals surface area contributed by atoms with Crippen molar-refractivity contribution < 1.29 is 19.1 Å². The predicted octanol–water partition coefficient (Wildman–Crippen LogP) is 6.88. The fourth-order valence-electron chi connectivity index (χ4n) is 3.17. The summed E-state index contributed by atoms with van der Waals surface area (Å²) in [6.45, 7) is 10.5. The predicted molar refractivity (Wildman–Crippen MR) is 120 cm³/mol. The molecule has 172 valence electrons. The highest BCUT2D eigenvalue weighted by Crippen LogP contribution is 2.17. The summed E-state index contributed by atoms with van der Waals surface area (Å²) in [5, 5.41) is 0. The van der Waals surface area contributed by atoms with Gasteiger partial charge < -0.3 is 14.4 Å². The van der Waals surface area contributed by atoms with Gasteiger partial charge in [-0.3, -0.25) is 4.79 Å². The van der Waals surface area contributed by atoms with Crippen LogP contribution >= 0.6 is 0 Å². The van der Waals surface area contributed by atoms with Gasteiger partial charge in [0.15, 0.2) is 0 Å². The minimum atomic E-state index is -0.508. The Kier molecular flexibility index (Phi) is 15.8. The van der Waals surface area contributed by atoms with Crippen LogP contribution in [0.3, 0.4) is 0 Å². The molecule has 0 heterocycles. The molecule has 29 heavy (non-hydrogen) atoms. The lowest BCUT2D eigenvalue weighted by molar-refractivity contribution is -0.150. The topological polar surface area (TPSA) is 55.8 Å². The fraction of sp³-hybridized carbons (Fsp3) is 0.917. The minimum Gasteiger partial charge on any atom is -0.462 e. The molecule has 0 aliphatic heterocycles. The number of carbonyl (C=O) groups is 2. The summed E-state index contributed by atoms with van der Waals surface area (Å²) < 4.78 is 11.1. The first-order chi connectivity index (χ1) is 13.7. The van der Waals surface area contributed by atoms with Gasteiger partial charge in [-0.2, -0.15) is 0 Å². The summed E-state index contributed by atoms with van der Waals surface area (Å²) in [5.74, 6) is -0.142. The first-order valence-corrected chi connectivity index (χ1v) is 11.8. The first kappa shape index (κ1) is 27.7. The Labute approximate surface area is 179 Å². The van der Waals surface area contributed by atoms with Gasteiger partial charge in [-0.15, -0.1) is 0 Å². The molecule has 0 fully saturated rings. The van der Waals surface area contributed by atoms with E-state index in [-0.39, 0.29) is 18.2 Å². The van der Waals surface area contributed by atoms with Gasteiger partial charge in [-0.05, 0) is 52.9 Å². The normalized spacial score (nSPS) is 12.5. The van der Waals surface area contributed by atoms with E-state index in [4.69, 9.17) is 9.47 Å². The lowest BCUT2D eigenvalue weighted by atomic mass is 10.0. The number of nitrogens with zero attached hydrogens (tertiary/aromatic N) is 1. The molecule has 0 bridgehead atoms. The largest absolute Gasteiger partial charge is 0.462 e. The average Bonchev–Trinajstić information content (AvgIpc) is 2.63. The van der Waals surface area contributed by atoms with Crippen LogP contribution in [0.2, 0.25) is 0 Å². The van der Waals surface area contributed by atoms with Gasteiger partial charge >= 0.3 is 12.1 Å². The van der Waals surface area contributed by atoms with E-state index >= 15 is 0 Å². The molecule has 0 saturated carbocycles. The number of amides is 1. The van der Waals surface area contributed by atoms with Gasteiger partial charge in [0.1, 0.15) is 11.7 Å². The molecule has 0 aliphatic rings. The molecule has 0 aromatic rings. The summed E-state index contributed by atoms with van der Waals surface area (Å²) in [6, 6.07) is 0. The molecule has 0 radical (unpaired) electrons. The number of rotatable bonds is 16. The highest BCUT2D eigenvalue weighted by Gasteiger charge is 2.20. The molecule has 0 N–H and O–H groups in total. The maximum absolute atomic E-state index is 12.3. The summed E-state index contributed by atoms with van der Waals surface area (Å²) in [5.41, 5.74) is -0.508. The van der Waals surface area contributed by atoms with Crippen molar-refractivity contribution in [2.24, 2.45) is 0 Å². The van der Waals surface area contributed by atoms with E-state index in [1.807, 2.05) is 20.8 Å². The van der Waals surface area contributed by atoms with Crippen LogP contribution in [0, 0.1) is 0 Å². The molecule has 0 aromatic carbocycles. The minimum absolute atomic E-state index is 0.0459. The summed E-state index contributed by atoms with van der Waals surface area (Å²) >= 11 is 0. The zero-order chi connectivity index (χ0) is 22.1. The lowest BCUT2D eigenvalue weighted by Gasteiger charge is -2.24. The maximum Gasteiger partial charge on any atom is 0.410 e. The van der Waals surface area contributed by atoms with Gasteiger partial charge in [0.2, 0.25) is 0 Å². The smallest absolute Gasteiger partial charge is 0.410 e. The number of ether oxygens (including phenoxy) is 2. The van der Waals surface area contributed by atoms with Gasteiger partial charge in [0.05, 0.1) is 0 Å². The third-order valence-corrected chi connectivity index (χ3v) is 4.89. The highest BCUT2D eigenvalue weighted by atomic mass is 16.6. The molecule has 1 amide bonds. The van der Waals surface area contributed by atoms with Crippen LogP contribution in [-0.2, 0) is 14.3 Å². The van der Waals surface area contributed by atoms with Crippen LogP contribution in [0.25, 0.3) is 0 Å². The Balaban J connectivity index is 4.24. The Morgan fingerprint density at radius 3 is 1.86 bits per heavy atom. The molecule has 5 heteroatoms. The highest BCUT2D eigenvalue weighted by molar-refractivity contribution is 5.70. The van der Waals surface area contributed by atoms with Crippen LogP contribution in [0.4, 0.5) is 4.79 Å². The van der Waals surface area contributed by atoms with E-state index in [2.05, 4.69) is 13.8 Å². The van der Waals surface area contributed by atoms with E-state index < -0.39 is 5.60 Å². The Bertz CT molecular complexity index is 431. The summed E-state index contributed by atoms with van der Waals surface area (Å²) in [6.07, 6.45) is 13.5. The third kappa shape index (κ3) is 17.3. The van der Waals surface area contributed by atoms with Crippen LogP contribution in [-0.4, -0.2) is 42.3 Å². The van der Waals surface area contributed by atoms with Gasteiger partial charge in [0, 0.05) is 20.0 Å². The zero-order valence-electron chi connectivity index (χ0n) is 20.1. The van der Waals surface area contributed by atoms with E-state index in [1.165, 1.54) is 49.8 Å². The van der Waals surface area contributed by atoms with Crippen LogP contribution < -0.4 is 0 Å². The molecule has 0 aliphatic carbocycles. The van der Waals surface area contributed by atoms with Crippen LogP contribution in [0.5, 0.6) is 0 Å². The standard InChI is InChI=1S/C24H47NO4/c1-7-9-11-13-15-18-21(17-14-12-10-8-2)28-22(26)19-16-20-25(6)23(27)29-24(3,4)5/h21H,7-20H2,1-6H3. The van der Waals surface area contributed by atoms with Gasteiger partial charge in [0.25, 0.3) is 0 Å². The molecular weight excluding hydrogens is 366 g/mol. The molecule has 0 rings (SSSR count). The quantitative estimate of drug-likeness (QED) is 0.204. The molecule has 0 aromatic heterocycles. The third-order valence-electron chi connectivity index (χ3n) is 4.89. The number of carbonyl (C=O) groups excluding carboxylic acids is 2. The monoisotopic (exact) mass is 413 g/mol. The molecule has 1 unspecified atom stereocenters. The second-order valence-corrected chi connectivity index (χ2v) is 9.17. The zero-order valence-corrected chi connectivity index (χ0v) is 20.1. The number of hydrogen-bond acceptors (Lipinski definition) is 4. The summed E-state index contributed by atoms with van der Waals surface area (Å²) in [4.78, 5) is 25.8. The van der Waals surface area contributed by atoms with Gasteiger partial charge in [-0.25, -0.2) is 4.79 Å². The van der Waals surface area contributed by atoms with E-state index in [0.29, 0.717) is 19.4 Å². The first-order valence-electron chi connectivity index (χ1n) is 11.8. The van der Waals surface area contributed by atoms with E-state index in [0.717, 1.165) is 25.7 Å². The summed E-state index contributed by atoms with van der Waals surface area (Å²) in [7, 11) is 1.70. The van der Waals surface area contributed by atoms with Crippen molar-refractivity contribution in [2.45, 2.75) is 130 Å². The van der Waals surface area contributed by atoms with Crippen molar-refractivity contribution >= 4 is 12.1 Å². The molecule has 0 spiro atoms. The second kappa shape index (κ2) is 16.5. The van der Waals surface area contributed by atoms with E-state index in [9.17, 15) is 9.59 Å². The Morgan fingerprint density at radius 2 is 1.34 bits per heavy atom. The van der Waals surface area contributed by atoms with Crippen LogP contribution in [0.15, 0.2) is 0 Å². The Hall–Kier alpha value is -1.26. The average molecular weight is 414 g/mol.